The normalized spacial score (nSPS) is 17.6. The third kappa shape index (κ3) is 3.26. The summed E-state index contributed by atoms with van der Waals surface area (Å²) in [5.74, 6) is 0.0248. The molecular formula is C11H20N4O3S. The van der Waals surface area contributed by atoms with Crippen LogP contribution in [0.25, 0.3) is 0 Å². The Hall–Kier alpha value is -1.12. The van der Waals surface area contributed by atoms with Crippen molar-refractivity contribution in [2.75, 3.05) is 26.0 Å². The second-order valence-electron chi connectivity index (χ2n) is 5.12. The first-order chi connectivity index (χ1) is 8.88. The van der Waals surface area contributed by atoms with Crippen molar-refractivity contribution in [3.05, 3.63) is 6.20 Å². The lowest BCUT2D eigenvalue weighted by molar-refractivity contribution is 0.173. The van der Waals surface area contributed by atoms with E-state index in [0.29, 0.717) is 13.2 Å². The summed E-state index contributed by atoms with van der Waals surface area (Å²) in [6, 6.07) is 0. The van der Waals surface area contributed by atoms with Crippen molar-refractivity contribution in [3.8, 4) is 0 Å². The molecule has 1 aromatic heterocycles. The lowest BCUT2D eigenvalue weighted by Gasteiger charge is -2.15. The SMILES string of the molecule is COCCC1(CNS(=O)(=O)c2cn(C)nc2N)CC1. The second-order valence-corrected chi connectivity index (χ2v) is 6.85. The maximum Gasteiger partial charge on any atom is 0.245 e. The summed E-state index contributed by atoms with van der Waals surface area (Å²) >= 11 is 0. The van der Waals surface area contributed by atoms with Gasteiger partial charge in [-0.25, -0.2) is 13.1 Å². The summed E-state index contributed by atoms with van der Waals surface area (Å²) in [6.45, 7) is 1.07. The van der Waals surface area contributed by atoms with E-state index in [2.05, 4.69) is 9.82 Å². The lowest BCUT2D eigenvalue weighted by Crippen LogP contribution is -2.31. The molecule has 1 fully saturated rings. The zero-order valence-electron chi connectivity index (χ0n) is 11.2. The quantitative estimate of drug-likeness (QED) is 0.741. The minimum Gasteiger partial charge on any atom is -0.385 e. The average molecular weight is 288 g/mol. The Morgan fingerprint density at radius 2 is 2.26 bits per heavy atom. The number of methoxy groups -OCH3 is 1. The number of hydrogen-bond acceptors (Lipinski definition) is 5. The second kappa shape index (κ2) is 5.10. The van der Waals surface area contributed by atoms with Crippen LogP contribution in [-0.4, -0.2) is 38.5 Å². The van der Waals surface area contributed by atoms with E-state index in [9.17, 15) is 8.42 Å². The third-order valence-electron chi connectivity index (χ3n) is 3.54. The molecule has 0 radical (unpaired) electrons. The Kier molecular flexibility index (Phi) is 3.84. The fourth-order valence-corrected chi connectivity index (χ4v) is 3.29. The predicted molar refractivity (Wildman–Crippen MR) is 71.0 cm³/mol. The van der Waals surface area contributed by atoms with Crippen LogP contribution in [0.4, 0.5) is 5.82 Å². The molecule has 0 aromatic carbocycles. The molecule has 0 atom stereocenters. The summed E-state index contributed by atoms with van der Waals surface area (Å²) in [7, 11) is -0.303. The van der Waals surface area contributed by atoms with E-state index in [-0.39, 0.29) is 16.1 Å². The van der Waals surface area contributed by atoms with E-state index >= 15 is 0 Å². The van der Waals surface area contributed by atoms with Crippen LogP contribution in [0.2, 0.25) is 0 Å². The van der Waals surface area contributed by atoms with Crippen molar-refractivity contribution >= 4 is 15.8 Å². The maximum absolute atomic E-state index is 12.1. The highest BCUT2D eigenvalue weighted by Crippen LogP contribution is 2.48. The monoisotopic (exact) mass is 288 g/mol. The number of nitrogens with one attached hydrogen (secondary N) is 1. The molecule has 1 saturated carbocycles. The van der Waals surface area contributed by atoms with E-state index in [4.69, 9.17) is 10.5 Å². The van der Waals surface area contributed by atoms with Crippen molar-refractivity contribution in [2.45, 2.75) is 24.2 Å². The molecule has 3 N–H and O–H groups in total. The third-order valence-corrected chi connectivity index (χ3v) is 4.96. The van der Waals surface area contributed by atoms with Gasteiger partial charge in [0.2, 0.25) is 10.0 Å². The number of nitrogens with two attached hydrogens (primary N) is 1. The summed E-state index contributed by atoms with van der Waals surface area (Å²) in [4.78, 5) is 0.0394. The summed E-state index contributed by atoms with van der Waals surface area (Å²) < 4.78 is 33.3. The lowest BCUT2D eigenvalue weighted by atomic mass is 10.0. The highest BCUT2D eigenvalue weighted by molar-refractivity contribution is 7.89. The Morgan fingerprint density at radius 3 is 2.74 bits per heavy atom. The van der Waals surface area contributed by atoms with Gasteiger partial charge in [0.15, 0.2) is 5.82 Å². The Balaban J connectivity index is 2.01. The van der Waals surface area contributed by atoms with Gasteiger partial charge >= 0.3 is 0 Å². The fourth-order valence-electron chi connectivity index (χ4n) is 2.03. The first-order valence-electron chi connectivity index (χ1n) is 6.16. The first-order valence-corrected chi connectivity index (χ1v) is 7.65. The predicted octanol–water partition coefficient (Wildman–Crippen LogP) is 0.0973. The van der Waals surface area contributed by atoms with Crippen LogP contribution in [0.3, 0.4) is 0 Å². The van der Waals surface area contributed by atoms with Gasteiger partial charge in [0.05, 0.1) is 0 Å². The Bertz CT molecular complexity index is 548. The fraction of sp³-hybridized carbons (Fsp3) is 0.727. The first kappa shape index (κ1) is 14.3. The van der Waals surface area contributed by atoms with Gasteiger partial charge in [-0.1, -0.05) is 0 Å². The van der Waals surface area contributed by atoms with Gasteiger partial charge in [-0.3, -0.25) is 4.68 Å². The maximum atomic E-state index is 12.1. The molecule has 1 aliphatic rings. The molecule has 1 aliphatic carbocycles. The van der Waals surface area contributed by atoms with Crippen molar-refractivity contribution in [1.29, 1.82) is 0 Å². The van der Waals surface area contributed by atoms with Crippen LogP contribution in [0.15, 0.2) is 11.1 Å². The number of anilines is 1. The van der Waals surface area contributed by atoms with Crippen molar-refractivity contribution in [2.24, 2.45) is 12.5 Å². The number of nitrogen functional groups attached to an aromatic ring is 1. The zero-order valence-corrected chi connectivity index (χ0v) is 12.0. The van der Waals surface area contributed by atoms with Gasteiger partial charge in [0.1, 0.15) is 4.90 Å². The minimum atomic E-state index is -3.59. The van der Waals surface area contributed by atoms with Crippen LogP contribution < -0.4 is 10.5 Å². The molecule has 0 saturated heterocycles. The van der Waals surface area contributed by atoms with E-state index in [0.717, 1.165) is 19.3 Å². The largest absolute Gasteiger partial charge is 0.385 e. The van der Waals surface area contributed by atoms with Gasteiger partial charge < -0.3 is 10.5 Å². The molecule has 0 spiro atoms. The number of sulfonamides is 1. The molecule has 19 heavy (non-hydrogen) atoms. The molecule has 1 heterocycles. The van der Waals surface area contributed by atoms with Crippen LogP contribution >= 0.6 is 0 Å². The van der Waals surface area contributed by atoms with Crippen molar-refractivity contribution in [3.63, 3.8) is 0 Å². The molecule has 1 aromatic rings. The smallest absolute Gasteiger partial charge is 0.245 e. The molecule has 0 unspecified atom stereocenters. The van der Waals surface area contributed by atoms with Crippen LogP contribution in [0, 0.1) is 5.41 Å². The van der Waals surface area contributed by atoms with Gasteiger partial charge in [0, 0.05) is 33.5 Å². The number of ether oxygens (including phenoxy) is 1. The molecule has 0 aliphatic heterocycles. The van der Waals surface area contributed by atoms with E-state index < -0.39 is 10.0 Å². The molecule has 7 nitrogen and oxygen atoms in total. The Labute approximate surface area is 113 Å². The summed E-state index contributed by atoms with van der Waals surface area (Å²) in [5.41, 5.74) is 5.65. The molecule has 0 amide bonds. The van der Waals surface area contributed by atoms with E-state index in [1.165, 1.54) is 10.9 Å². The van der Waals surface area contributed by atoms with E-state index in [1.54, 1.807) is 14.2 Å². The van der Waals surface area contributed by atoms with Gasteiger partial charge in [-0.15, -0.1) is 0 Å². The highest BCUT2D eigenvalue weighted by atomic mass is 32.2. The molecular weight excluding hydrogens is 268 g/mol. The number of aromatic nitrogens is 2. The van der Waals surface area contributed by atoms with Crippen LogP contribution in [0.5, 0.6) is 0 Å². The summed E-state index contributed by atoms with van der Waals surface area (Å²) in [6.07, 6.45) is 4.34. The molecule has 0 bridgehead atoms. The average Bonchev–Trinajstić information content (AvgIpc) is 3.03. The van der Waals surface area contributed by atoms with E-state index in [1.807, 2.05) is 0 Å². The molecule has 2 rings (SSSR count). The summed E-state index contributed by atoms with van der Waals surface area (Å²) in [5, 5.41) is 3.84. The zero-order chi connectivity index (χ0) is 14.1. The highest BCUT2D eigenvalue weighted by Gasteiger charge is 2.42. The minimum absolute atomic E-state index is 0.0248. The number of aryl methyl sites for hydroxylation is 1. The van der Waals surface area contributed by atoms with Gasteiger partial charge in [-0.05, 0) is 24.7 Å². The molecule has 108 valence electrons. The number of rotatable bonds is 7. The van der Waals surface area contributed by atoms with Crippen LogP contribution in [0.1, 0.15) is 19.3 Å². The van der Waals surface area contributed by atoms with Crippen molar-refractivity contribution in [1.82, 2.24) is 14.5 Å². The van der Waals surface area contributed by atoms with Gasteiger partial charge in [-0.2, -0.15) is 5.10 Å². The Morgan fingerprint density at radius 1 is 1.58 bits per heavy atom. The number of nitrogens with zero attached hydrogens (tertiary/aromatic N) is 2. The van der Waals surface area contributed by atoms with Gasteiger partial charge in [0.25, 0.3) is 0 Å². The standard InChI is InChI=1S/C11H20N4O3S/c1-15-7-9(10(12)14-15)19(16,17)13-8-11(3-4-11)5-6-18-2/h7,13H,3-6,8H2,1-2H3,(H2,12,14). The van der Waals surface area contributed by atoms with Crippen molar-refractivity contribution < 1.29 is 13.2 Å². The van der Waals surface area contributed by atoms with Crippen LogP contribution in [-0.2, 0) is 21.8 Å². The molecule has 8 heteroatoms. The topological polar surface area (TPSA) is 99.2 Å². The number of hydrogen-bond donors (Lipinski definition) is 2.